The molecule has 0 bridgehead atoms. The van der Waals surface area contributed by atoms with E-state index < -0.39 is 0 Å². The molecular weight excluding hydrogens is 164 g/mol. The van der Waals surface area contributed by atoms with Crippen LogP contribution in [0.4, 0.5) is 5.69 Å². The molecular formula is C7H6ClN2O+. The van der Waals surface area contributed by atoms with Gasteiger partial charge in [0.2, 0.25) is 5.39 Å². The third-order valence-corrected chi connectivity index (χ3v) is 1.57. The van der Waals surface area contributed by atoms with Crippen LogP contribution in [0.25, 0.3) is 4.98 Å². The van der Waals surface area contributed by atoms with Crippen LogP contribution in [0, 0.1) is 5.39 Å². The van der Waals surface area contributed by atoms with Gasteiger partial charge in [0, 0.05) is 12.1 Å². The molecule has 4 heteroatoms. The van der Waals surface area contributed by atoms with E-state index in [9.17, 15) is 0 Å². The maximum absolute atomic E-state index is 8.38. The van der Waals surface area contributed by atoms with Crippen LogP contribution in [0.1, 0.15) is 0 Å². The van der Waals surface area contributed by atoms with Crippen LogP contribution < -0.4 is 4.74 Å². The molecule has 0 amide bonds. The highest BCUT2D eigenvalue weighted by Gasteiger charge is 2.11. The first-order valence-corrected chi connectivity index (χ1v) is 3.34. The molecule has 0 N–H and O–H groups in total. The van der Waals surface area contributed by atoms with E-state index in [1.54, 1.807) is 25.3 Å². The lowest BCUT2D eigenvalue weighted by molar-refractivity contribution is 0.415. The van der Waals surface area contributed by atoms with E-state index >= 15 is 0 Å². The van der Waals surface area contributed by atoms with Crippen molar-refractivity contribution in [3.8, 4) is 5.75 Å². The van der Waals surface area contributed by atoms with Crippen LogP contribution in [-0.2, 0) is 0 Å². The molecule has 0 aliphatic rings. The average Bonchev–Trinajstić information content (AvgIpc) is 2.04. The van der Waals surface area contributed by atoms with Crippen molar-refractivity contribution in [2.45, 2.75) is 0 Å². The molecule has 0 saturated heterocycles. The Morgan fingerprint density at radius 3 is 2.73 bits per heavy atom. The van der Waals surface area contributed by atoms with Gasteiger partial charge >= 0.3 is 5.69 Å². The predicted octanol–water partition coefficient (Wildman–Crippen LogP) is 2.83. The van der Waals surface area contributed by atoms with Gasteiger partial charge in [-0.05, 0) is 6.07 Å². The van der Waals surface area contributed by atoms with Crippen molar-refractivity contribution in [3.63, 3.8) is 0 Å². The van der Waals surface area contributed by atoms with Crippen molar-refractivity contribution in [3.05, 3.63) is 28.2 Å². The smallest absolute Gasteiger partial charge is 0.403 e. The highest BCUT2D eigenvalue weighted by Crippen LogP contribution is 2.28. The third kappa shape index (κ3) is 1.60. The Labute approximate surface area is 69.2 Å². The van der Waals surface area contributed by atoms with Gasteiger partial charge in [-0.15, -0.1) is 0 Å². The van der Waals surface area contributed by atoms with Gasteiger partial charge in [-0.1, -0.05) is 11.6 Å². The molecule has 0 aromatic heterocycles. The number of benzene rings is 1. The standard InChI is InChI=1S/C7H6ClN2O/c1-11-5-2-3-7(10-9)6(8)4-5/h2-4H,1H3/q+1. The van der Waals surface area contributed by atoms with E-state index in [2.05, 4.69) is 4.98 Å². The third-order valence-electron chi connectivity index (χ3n) is 1.26. The highest BCUT2D eigenvalue weighted by atomic mass is 35.5. The van der Waals surface area contributed by atoms with Crippen molar-refractivity contribution in [1.29, 1.82) is 5.39 Å². The zero-order valence-electron chi connectivity index (χ0n) is 5.91. The summed E-state index contributed by atoms with van der Waals surface area (Å²) in [6, 6.07) is 4.82. The normalized spacial score (nSPS) is 8.82. The second-order valence-electron chi connectivity index (χ2n) is 1.92. The van der Waals surface area contributed by atoms with E-state index in [1.807, 2.05) is 0 Å². The van der Waals surface area contributed by atoms with Gasteiger partial charge in [0.25, 0.3) is 0 Å². The van der Waals surface area contributed by atoms with E-state index in [4.69, 9.17) is 21.7 Å². The quantitative estimate of drug-likeness (QED) is 0.607. The fourth-order valence-electron chi connectivity index (χ4n) is 0.696. The molecule has 1 aromatic carbocycles. The summed E-state index contributed by atoms with van der Waals surface area (Å²) >= 11 is 5.67. The van der Waals surface area contributed by atoms with Crippen molar-refractivity contribution < 1.29 is 4.74 Å². The number of ether oxygens (including phenoxy) is 1. The zero-order chi connectivity index (χ0) is 8.27. The lowest BCUT2D eigenvalue weighted by Crippen LogP contribution is -1.80. The van der Waals surface area contributed by atoms with E-state index in [-0.39, 0.29) is 0 Å². The molecule has 0 radical (unpaired) electrons. The molecule has 0 unspecified atom stereocenters. The molecule has 11 heavy (non-hydrogen) atoms. The summed E-state index contributed by atoms with van der Waals surface area (Å²) in [5.41, 5.74) is 0.340. The Morgan fingerprint density at radius 2 is 2.27 bits per heavy atom. The first kappa shape index (κ1) is 7.83. The van der Waals surface area contributed by atoms with Crippen molar-refractivity contribution in [1.82, 2.24) is 0 Å². The van der Waals surface area contributed by atoms with Gasteiger partial charge in [-0.25, -0.2) is 0 Å². The lowest BCUT2D eigenvalue weighted by Gasteiger charge is -1.95. The second kappa shape index (κ2) is 3.22. The Hall–Kier alpha value is -1.27. The molecule has 0 aliphatic carbocycles. The van der Waals surface area contributed by atoms with Crippen molar-refractivity contribution in [2.24, 2.45) is 0 Å². The highest BCUT2D eigenvalue weighted by molar-refractivity contribution is 6.33. The van der Waals surface area contributed by atoms with E-state index in [0.29, 0.717) is 16.5 Å². The molecule has 0 spiro atoms. The number of hydrogen-bond donors (Lipinski definition) is 0. The Kier molecular flexibility index (Phi) is 2.29. The minimum absolute atomic E-state index is 0.340. The fraction of sp³-hybridized carbons (Fsp3) is 0.143. The molecule has 0 atom stereocenters. The monoisotopic (exact) mass is 169 g/mol. The Morgan fingerprint density at radius 1 is 1.55 bits per heavy atom. The van der Waals surface area contributed by atoms with Gasteiger partial charge in [-0.3, -0.25) is 0 Å². The summed E-state index contributed by atoms with van der Waals surface area (Å²) in [5, 5.41) is 8.75. The molecule has 56 valence electrons. The summed E-state index contributed by atoms with van der Waals surface area (Å²) < 4.78 is 4.89. The number of rotatable bonds is 1. The molecule has 3 nitrogen and oxygen atoms in total. The van der Waals surface area contributed by atoms with Gasteiger partial charge < -0.3 is 4.74 Å². The number of halogens is 1. The summed E-state index contributed by atoms with van der Waals surface area (Å²) in [6.45, 7) is 0. The van der Waals surface area contributed by atoms with Crippen LogP contribution in [0.3, 0.4) is 0 Å². The van der Waals surface area contributed by atoms with Crippen LogP contribution >= 0.6 is 11.6 Å². The maximum Gasteiger partial charge on any atom is 0.403 e. The second-order valence-corrected chi connectivity index (χ2v) is 2.32. The van der Waals surface area contributed by atoms with Crippen LogP contribution in [0.5, 0.6) is 5.75 Å². The Balaban J connectivity index is 3.12. The van der Waals surface area contributed by atoms with Crippen LogP contribution in [0.15, 0.2) is 18.2 Å². The SMILES string of the molecule is COc1ccc([N+]#N)c(Cl)c1. The summed E-state index contributed by atoms with van der Waals surface area (Å²) in [7, 11) is 1.54. The van der Waals surface area contributed by atoms with Crippen LogP contribution in [0.2, 0.25) is 5.02 Å². The minimum Gasteiger partial charge on any atom is -0.497 e. The molecule has 0 fully saturated rings. The van der Waals surface area contributed by atoms with Crippen molar-refractivity contribution >= 4 is 17.3 Å². The van der Waals surface area contributed by atoms with Crippen molar-refractivity contribution in [2.75, 3.05) is 7.11 Å². The van der Waals surface area contributed by atoms with Gasteiger partial charge in [0.05, 0.1) is 7.11 Å². The van der Waals surface area contributed by atoms with Gasteiger partial charge in [-0.2, -0.15) is 0 Å². The first-order chi connectivity index (χ1) is 5.27. The van der Waals surface area contributed by atoms with Crippen LogP contribution in [-0.4, -0.2) is 7.11 Å². The topological polar surface area (TPSA) is 37.4 Å². The molecule has 0 aliphatic heterocycles. The Bertz CT molecular complexity index is 306. The number of hydrogen-bond acceptors (Lipinski definition) is 2. The molecule has 0 heterocycles. The maximum atomic E-state index is 8.38. The average molecular weight is 170 g/mol. The number of nitrogens with zero attached hydrogens (tertiary/aromatic N) is 2. The number of methoxy groups -OCH3 is 1. The predicted molar refractivity (Wildman–Crippen MR) is 42.7 cm³/mol. The van der Waals surface area contributed by atoms with E-state index in [0.717, 1.165) is 0 Å². The molecule has 0 saturated carbocycles. The summed E-state index contributed by atoms with van der Waals surface area (Å²) in [6.07, 6.45) is 0. The number of diazo groups is 1. The van der Waals surface area contributed by atoms with Gasteiger partial charge in [0.15, 0.2) is 4.98 Å². The largest absolute Gasteiger partial charge is 0.497 e. The zero-order valence-corrected chi connectivity index (χ0v) is 6.67. The first-order valence-electron chi connectivity index (χ1n) is 2.96. The van der Waals surface area contributed by atoms with Gasteiger partial charge in [0.1, 0.15) is 10.8 Å². The minimum atomic E-state index is 0.340. The summed E-state index contributed by atoms with van der Waals surface area (Å²) in [5.74, 6) is 0.641. The molecule has 1 rings (SSSR count). The fourth-order valence-corrected chi connectivity index (χ4v) is 0.904. The lowest BCUT2D eigenvalue weighted by atomic mass is 10.3. The van der Waals surface area contributed by atoms with E-state index in [1.165, 1.54) is 0 Å². The summed E-state index contributed by atoms with van der Waals surface area (Å²) in [4.78, 5) is 2.96. The molecule has 1 aromatic rings.